The summed E-state index contributed by atoms with van der Waals surface area (Å²) in [7, 11) is 2.91. The summed E-state index contributed by atoms with van der Waals surface area (Å²) in [4.78, 5) is 24.0. The molecule has 0 atom stereocenters. The van der Waals surface area contributed by atoms with E-state index in [0.717, 1.165) is 0 Å². The van der Waals surface area contributed by atoms with Crippen LogP contribution in [0.5, 0.6) is 0 Å². The third kappa shape index (κ3) is 2.81. The fourth-order valence-corrected chi connectivity index (χ4v) is 1.88. The maximum atomic E-state index is 12.3. The molecule has 0 bridgehead atoms. The summed E-state index contributed by atoms with van der Waals surface area (Å²) in [6.45, 7) is 1.73. The lowest BCUT2D eigenvalue weighted by atomic mass is 10.1. The van der Waals surface area contributed by atoms with E-state index in [0.29, 0.717) is 22.5 Å². The molecule has 0 unspecified atom stereocenters. The van der Waals surface area contributed by atoms with Gasteiger partial charge in [0.05, 0.1) is 30.1 Å². The highest BCUT2D eigenvalue weighted by Gasteiger charge is 2.22. The molecule has 22 heavy (non-hydrogen) atoms. The highest BCUT2D eigenvalue weighted by Crippen LogP contribution is 2.21. The van der Waals surface area contributed by atoms with Crippen LogP contribution in [-0.4, -0.2) is 28.8 Å². The van der Waals surface area contributed by atoms with E-state index in [1.165, 1.54) is 23.9 Å². The summed E-state index contributed by atoms with van der Waals surface area (Å²) in [5.74, 6) is -1.02. The maximum absolute atomic E-state index is 12.3. The van der Waals surface area contributed by atoms with Gasteiger partial charge in [0.25, 0.3) is 5.91 Å². The second-order valence-electron chi connectivity index (χ2n) is 4.57. The number of hydrogen-bond acceptors (Lipinski definition) is 5. The smallest absolute Gasteiger partial charge is 0.360 e. The van der Waals surface area contributed by atoms with Gasteiger partial charge < -0.3 is 10.1 Å². The van der Waals surface area contributed by atoms with Gasteiger partial charge >= 0.3 is 5.97 Å². The Morgan fingerprint density at radius 3 is 2.50 bits per heavy atom. The van der Waals surface area contributed by atoms with E-state index in [2.05, 4.69) is 15.2 Å². The van der Waals surface area contributed by atoms with Gasteiger partial charge in [-0.05, 0) is 31.2 Å². The van der Waals surface area contributed by atoms with Crippen molar-refractivity contribution in [3.8, 4) is 6.07 Å². The van der Waals surface area contributed by atoms with Crippen molar-refractivity contribution in [1.29, 1.82) is 5.26 Å². The quantitative estimate of drug-likeness (QED) is 0.869. The first-order valence-electron chi connectivity index (χ1n) is 6.41. The fraction of sp³-hybridized carbons (Fsp3) is 0.200. The zero-order valence-corrected chi connectivity index (χ0v) is 12.4. The largest absolute Gasteiger partial charge is 0.464 e. The SMILES string of the molecule is COC(=O)c1nn(C)c(C)c1NC(=O)c1ccc(C#N)cc1. The molecule has 0 radical (unpaired) electrons. The Balaban J connectivity index is 2.31. The molecule has 0 saturated heterocycles. The number of amides is 1. The average molecular weight is 298 g/mol. The molecule has 7 nitrogen and oxygen atoms in total. The molecule has 0 saturated carbocycles. The number of carbonyl (C=O) groups is 2. The molecule has 1 heterocycles. The number of anilines is 1. The van der Waals surface area contributed by atoms with E-state index in [9.17, 15) is 9.59 Å². The van der Waals surface area contributed by atoms with Crippen molar-refractivity contribution >= 4 is 17.6 Å². The van der Waals surface area contributed by atoms with Crippen LogP contribution in [0.15, 0.2) is 24.3 Å². The first-order chi connectivity index (χ1) is 10.5. The van der Waals surface area contributed by atoms with Crippen LogP contribution in [0.1, 0.15) is 32.1 Å². The van der Waals surface area contributed by atoms with E-state index < -0.39 is 11.9 Å². The Morgan fingerprint density at radius 1 is 1.32 bits per heavy atom. The maximum Gasteiger partial charge on any atom is 0.360 e. The third-order valence-electron chi connectivity index (χ3n) is 3.23. The monoisotopic (exact) mass is 298 g/mol. The van der Waals surface area contributed by atoms with Crippen molar-refractivity contribution in [3.63, 3.8) is 0 Å². The molecule has 0 fully saturated rings. The zero-order valence-electron chi connectivity index (χ0n) is 12.4. The van der Waals surface area contributed by atoms with Crippen LogP contribution in [0.3, 0.4) is 0 Å². The number of esters is 1. The standard InChI is InChI=1S/C15H14N4O3/c1-9-12(13(15(21)22-3)18-19(9)2)17-14(20)11-6-4-10(8-16)5-7-11/h4-7H,1-3H3,(H,17,20). The van der Waals surface area contributed by atoms with Gasteiger partial charge in [-0.15, -0.1) is 0 Å². The number of rotatable bonds is 3. The minimum Gasteiger partial charge on any atom is -0.464 e. The Hall–Kier alpha value is -3.14. The summed E-state index contributed by atoms with van der Waals surface area (Å²) >= 11 is 0. The lowest BCUT2D eigenvalue weighted by Crippen LogP contribution is -2.15. The summed E-state index contributed by atoms with van der Waals surface area (Å²) in [6.07, 6.45) is 0. The Kier molecular flexibility index (Phi) is 4.23. The van der Waals surface area contributed by atoms with Crippen molar-refractivity contribution in [2.24, 2.45) is 7.05 Å². The first-order valence-corrected chi connectivity index (χ1v) is 6.41. The molecule has 1 N–H and O–H groups in total. The number of methoxy groups -OCH3 is 1. The lowest BCUT2D eigenvalue weighted by molar-refractivity contribution is 0.0594. The van der Waals surface area contributed by atoms with Crippen molar-refractivity contribution in [3.05, 3.63) is 46.8 Å². The molecule has 1 aromatic carbocycles. The topological polar surface area (TPSA) is 97.0 Å². The number of nitrogens with zero attached hydrogens (tertiary/aromatic N) is 3. The average Bonchev–Trinajstić information content (AvgIpc) is 2.82. The first kappa shape index (κ1) is 15.3. The molecular weight excluding hydrogens is 284 g/mol. The second kappa shape index (κ2) is 6.10. The molecule has 1 amide bonds. The predicted octanol–water partition coefficient (Wildman–Crippen LogP) is 1.64. The van der Waals surface area contributed by atoms with Gasteiger partial charge in [0.1, 0.15) is 0 Å². The van der Waals surface area contributed by atoms with Crippen LogP contribution in [0.25, 0.3) is 0 Å². The minimum atomic E-state index is -0.626. The van der Waals surface area contributed by atoms with Gasteiger partial charge in [0, 0.05) is 12.6 Å². The van der Waals surface area contributed by atoms with Gasteiger partial charge in [-0.3, -0.25) is 9.48 Å². The molecule has 0 aliphatic rings. The molecule has 2 aromatic rings. The van der Waals surface area contributed by atoms with Crippen molar-refractivity contribution < 1.29 is 14.3 Å². The zero-order chi connectivity index (χ0) is 16.3. The number of hydrogen-bond donors (Lipinski definition) is 1. The number of carbonyl (C=O) groups excluding carboxylic acids is 2. The van der Waals surface area contributed by atoms with Crippen LogP contribution in [0, 0.1) is 18.3 Å². The van der Waals surface area contributed by atoms with E-state index >= 15 is 0 Å². The molecular formula is C15H14N4O3. The second-order valence-corrected chi connectivity index (χ2v) is 4.57. The van der Waals surface area contributed by atoms with E-state index in [4.69, 9.17) is 5.26 Å². The lowest BCUT2D eigenvalue weighted by Gasteiger charge is -2.06. The molecule has 0 aliphatic carbocycles. The number of nitriles is 1. The van der Waals surface area contributed by atoms with Crippen LogP contribution >= 0.6 is 0 Å². The normalized spacial score (nSPS) is 9.91. The van der Waals surface area contributed by atoms with Crippen molar-refractivity contribution in [1.82, 2.24) is 9.78 Å². The molecule has 1 aromatic heterocycles. The number of aryl methyl sites for hydroxylation is 1. The number of ether oxygens (including phenoxy) is 1. The van der Waals surface area contributed by atoms with Gasteiger partial charge in [-0.2, -0.15) is 10.4 Å². The van der Waals surface area contributed by atoms with Crippen LogP contribution in [0.2, 0.25) is 0 Å². The van der Waals surface area contributed by atoms with Crippen LogP contribution < -0.4 is 5.32 Å². The summed E-state index contributed by atoms with van der Waals surface area (Å²) in [5.41, 5.74) is 1.82. The van der Waals surface area contributed by atoms with Crippen LogP contribution in [-0.2, 0) is 11.8 Å². The Bertz CT molecular complexity index is 769. The highest BCUT2D eigenvalue weighted by atomic mass is 16.5. The van der Waals surface area contributed by atoms with Crippen molar-refractivity contribution in [2.45, 2.75) is 6.92 Å². The van der Waals surface area contributed by atoms with E-state index in [-0.39, 0.29) is 5.69 Å². The molecule has 2 rings (SSSR count). The van der Waals surface area contributed by atoms with Gasteiger partial charge in [-0.1, -0.05) is 0 Å². The van der Waals surface area contributed by atoms with Gasteiger partial charge in [0.2, 0.25) is 0 Å². The summed E-state index contributed by atoms with van der Waals surface area (Å²) < 4.78 is 6.15. The Labute approximate surface area is 127 Å². The van der Waals surface area contributed by atoms with E-state index in [1.807, 2.05) is 6.07 Å². The summed E-state index contributed by atoms with van der Waals surface area (Å²) in [5, 5.41) is 15.5. The molecule has 0 aliphatic heterocycles. The minimum absolute atomic E-state index is 0.0458. The van der Waals surface area contributed by atoms with Gasteiger partial charge in [-0.25, -0.2) is 4.79 Å². The van der Waals surface area contributed by atoms with E-state index in [1.54, 1.807) is 26.1 Å². The molecule has 112 valence electrons. The highest BCUT2D eigenvalue weighted by molar-refractivity contribution is 6.07. The molecule has 7 heteroatoms. The van der Waals surface area contributed by atoms with Crippen LogP contribution in [0.4, 0.5) is 5.69 Å². The molecule has 0 spiro atoms. The predicted molar refractivity (Wildman–Crippen MR) is 78.4 cm³/mol. The summed E-state index contributed by atoms with van der Waals surface area (Å²) in [6, 6.07) is 8.15. The Morgan fingerprint density at radius 2 is 1.95 bits per heavy atom. The fourth-order valence-electron chi connectivity index (χ4n) is 1.88. The van der Waals surface area contributed by atoms with Crippen molar-refractivity contribution in [2.75, 3.05) is 12.4 Å². The third-order valence-corrected chi connectivity index (χ3v) is 3.23. The number of aromatic nitrogens is 2. The number of benzene rings is 1. The van der Waals surface area contributed by atoms with Gasteiger partial charge in [0.15, 0.2) is 5.69 Å². The number of nitrogens with one attached hydrogen (secondary N) is 1.